The molecular weight excluding hydrogens is 332 g/mol. The zero-order valence-electron chi connectivity index (χ0n) is 14.0. The van der Waals surface area contributed by atoms with E-state index < -0.39 is 0 Å². The van der Waals surface area contributed by atoms with Gasteiger partial charge in [0.2, 0.25) is 0 Å². The van der Waals surface area contributed by atoms with Crippen molar-refractivity contribution < 1.29 is 0 Å². The molecule has 1 aromatic carbocycles. The lowest BCUT2D eigenvalue weighted by Crippen LogP contribution is -2.45. The fraction of sp³-hybridized carbons (Fsp3) is 0.444. The molecule has 0 unspecified atom stereocenters. The summed E-state index contributed by atoms with van der Waals surface area (Å²) in [5, 5.41) is 12.2. The van der Waals surface area contributed by atoms with Crippen LogP contribution in [0.3, 0.4) is 0 Å². The second-order valence-corrected chi connectivity index (χ2v) is 7.93. The number of anilines is 1. The minimum atomic E-state index is 0.708. The van der Waals surface area contributed by atoms with E-state index in [1.807, 2.05) is 6.20 Å². The Balaban J connectivity index is 1.22. The average Bonchev–Trinajstić information content (AvgIpc) is 3.42. The molecule has 1 saturated heterocycles. The SMILES string of the molecule is c1ncc2cc(N3CCN(Cc4nnc(C5CC5)s4)CC3)ccc2n1. The predicted octanol–water partition coefficient (Wildman–Crippen LogP) is 2.68. The van der Waals surface area contributed by atoms with Gasteiger partial charge >= 0.3 is 0 Å². The van der Waals surface area contributed by atoms with Gasteiger partial charge in [0.25, 0.3) is 0 Å². The van der Waals surface area contributed by atoms with E-state index in [4.69, 9.17) is 0 Å². The maximum absolute atomic E-state index is 4.38. The molecule has 0 N–H and O–H groups in total. The lowest BCUT2D eigenvalue weighted by atomic mass is 10.2. The minimum Gasteiger partial charge on any atom is -0.369 e. The van der Waals surface area contributed by atoms with Crippen molar-refractivity contribution >= 4 is 27.9 Å². The van der Waals surface area contributed by atoms with Crippen LogP contribution in [0.25, 0.3) is 10.9 Å². The number of aromatic nitrogens is 4. The molecule has 128 valence electrons. The summed E-state index contributed by atoms with van der Waals surface area (Å²) >= 11 is 1.80. The van der Waals surface area contributed by atoms with E-state index >= 15 is 0 Å². The molecule has 3 aromatic rings. The highest BCUT2D eigenvalue weighted by Gasteiger charge is 2.28. The van der Waals surface area contributed by atoms with E-state index in [-0.39, 0.29) is 0 Å². The molecular formula is C18H20N6S. The summed E-state index contributed by atoms with van der Waals surface area (Å²) in [6.07, 6.45) is 6.08. The fourth-order valence-electron chi connectivity index (χ4n) is 3.35. The van der Waals surface area contributed by atoms with Crippen molar-refractivity contribution in [1.29, 1.82) is 0 Å². The molecule has 6 nitrogen and oxygen atoms in total. The van der Waals surface area contributed by atoms with Gasteiger partial charge in [-0.15, -0.1) is 10.2 Å². The Hall–Kier alpha value is -2.12. The van der Waals surface area contributed by atoms with Gasteiger partial charge in [0.05, 0.1) is 12.1 Å². The number of rotatable bonds is 4. The molecule has 0 bridgehead atoms. The Labute approximate surface area is 150 Å². The fourth-order valence-corrected chi connectivity index (χ4v) is 4.40. The smallest absolute Gasteiger partial charge is 0.131 e. The Morgan fingerprint density at radius 1 is 1.08 bits per heavy atom. The third-order valence-corrected chi connectivity index (χ3v) is 6.06. The molecule has 7 heteroatoms. The van der Waals surface area contributed by atoms with E-state index in [1.165, 1.54) is 28.5 Å². The van der Waals surface area contributed by atoms with Crippen LogP contribution in [0.4, 0.5) is 5.69 Å². The summed E-state index contributed by atoms with van der Waals surface area (Å²) in [6.45, 7) is 5.12. The summed E-state index contributed by atoms with van der Waals surface area (Å²) in [6, 6.07) is 6.44. The molecule has 3 heterocycles. The Bertz CT molecular complexity index is 882. The van der Waals surface area contributed by atoms with Crippen LogP contribution in [0, 0.1) is 0 Å². The Morgan fingerprint density at radius 3 is 2.80 bits per heavy atom. The highest BCUT2D eigenvalue weighted by Crippen LogP contribution is 2.41. The molecule has 0 atom stereocenters. The van der Waals surface area contributed by atoms with Gasteiger partial charge in [-0.2, -0.15) is 0 Å². The molecule has 2 aliphatic rings. The van der Waals surface area contributed by atoms with Gasteiger partial charge in [0.15, 0.2) is 0 Å². The van der Waals surface area contributed by atoms with Crippen molar-refractivity contribution in [2.75, 3.05) is 31.1 Å². The number of nitrogens with zero attached hydrogens (tertiary/aromatic N) is 6. The first kappa shape index (κ1) is 15.2. The van der Waals surface area contributed by atoms with Gasteiger partial charge in [-0.25, -0.2) is 9.97 Å². The van der Waals surface area contributed by atoms with E-state index in [9.17, 15) is 0 Å². The summed E-state index contributed by atoms with van der Waals surface area (Å²) in [7, 11) is 0. The van der Waals surface area contributed by atoms with Gasteiger partial charge in [0.1, 0.15) is 16.3 Å². The normalized spacial score (nSPS) is 18.8. The average molecular weight is 352 g/mol. The molecule has 1 saturated carbocycles. The van der Waals surface area contributed by atoms with Gasteiger partial charge in [-0.1, -0.05) is 11.3 Å². The van der Waals surface area contributed by atoms with Gasteiger partial charge in [0, 0.05) is 49.4 Å². The summed E-state index contributed by atoms with van der Waals surface area (Å²) in [5.41, 5.74) is 2.26. The van der Waals surface area contributed by atoms with E-state index in [0.717, 1.165) is 43.6 Å². The van der Waals surface area contributed by atoms with Crippen molar-refractivity contribution in [2.45, 2.75) is 25.3 Å². The summed E-state index contributed by atoms with van der Waals surface area (Å²) in [5.74, 6) is 0.708. The third kappa shape index (κ3) is 3.21. The Morgan fingerprint density at radius 2 is 1.96 bits per heavy atom. The highest BCUT2D eigenvalue weighted by atomic mass is 32.1. The first-order valence-corrected chi connectivity index (χ1v) is 9.66. The van der Waals surface area contributed by atoms with Crippen molar-refractivity contribution in [2.24, 2.45) is 0 Å². The Kier molecular flexibility index (Phi) is 3.83. The second kappa shape index (κ2) is 6.31. The summed E-state index contributed by atoms with van der Waals surface area (Å²) < 4.78 is 0. The first-order chi connectivity index (χ1) is 12.3. The van der Waals surface area contributed by atoms with Crippen molar-refractivity contribution in [1.82, 2.24) is 25.1 Å². The highest BCUT2D eigenvalue weighted by molar-refractivity contribution is 7.11. The van der Waals surface area contributed by atoms with Crippen LogP contribution in [0.2, 0.25) is 0 Å². The van der Waals surface area contributed by atoms with Crippen LogP contribution in [0.15, 0.2) is 30.7 Å². The first-order valence-electron chi connectivity index (χ1n) is 8.84. The quantitative estimate of drug-likeness (QED) is 0.719. The second-order valence-electron chi connectivity index (χ2n) is 6.84. The molecule has 1 aliphatic heterocycles. The van der Waals surface area contributed by atoms with E-state index in [1.54, 1.807) is 17.7 Å². The molecule has 0 spiro atoms. The molecule has 5 rings (SSSR count). The van der Waals surface area contributed by atoms with Crippen molar-refractivity contribution in [3.05, 3.63) is 40.7 Å². The van der Waals surface area contributed by atoms with Crippen LogP contribution in [0.5, 0.6) is 0 Å². The van der Waals surface area contributed by atoms with Crippen LogP contribution >= 0.6 is 11.3 Å². The van der Waals surface area contributed by atoms with Crippen LogP contribution in [-0.4, -0.2) is 51.2 Å². The van der Waals surface area contributed by atoms with Gasteiger partial charge in [-0.05, 0) is 31.0 Å². The van der Waals surface area contributed by atoms with Gasteiger partial charge in [-0.3, -0.25) is 4.90 Å². The molecule has 1 aliphatic carbocycles. The maximum Gasteiger partial charge on any atom is 0.131 e. The van der Waals surface area contributed by atoms with Crippen LogP contribution < -0.4 is 4.90 Å². The monoisotopic (exact) mass is 352 g/mol. The zero-order valence-corrected chi connectivity index (χ0v) is 14.8. The van der Waals surface area contributed by atoms with Crippen molar-refractivity contribution in [3.8, 4) is 0 Å². The van der Waals surface area contributed by atoms with E-state index in [2.05, 4.69) is 48.2 Å². The van der Waals surface area contributed by atoms with Crippen LogP contribution in [-0.2, 0) is 6.54 Å². The number of hydrogen-bond acceptors (Lipinski definition) is 7. The molecule has 2 aromatic heterocycles. The van der Waals surface area contributed by atoms with Gasteiger partial charge < -0.3 is 4.90 Å². The third-order valence-electron chi connectivity index (χ3n) is 4.99. The van der Waals surface area contributed by atoms with Crippen molar-refractivity contribution in [3.63, 3.8) is 0 Å². The zero-order chi connectivity index (χ0) is 16.6. The lowest BCUT2D eigenvalue weighted by molar-refractivity contribution is 0.249. The number of fused-ring (bicyclic) bond motifs is 1. The predicted molar refractivity (Wildman–Crippen MR) is 98.9 cm³/mol. The number of benzene rings is 1. The summed E-state index contributed by atoms with van der Waals surface area (Å²) in [4.78, 5) is 13.3. The molecule has 2 fully saturated rings. The maximum atomic E-state index is 4.38. The minimum absolute atomic E-state index is 0.708. The van der Waals surface area contributed by atoms with Crippen LogP contribution in [0.1, 0.15) is 28.8 Å². The lowest BCUT2D eigenvalue weighted by Gasteiger charge is -2.35. The largest absolute Gasteiger partial charge is 0.369 e. The topological polar surface area (TPSA) is 58.0 Å². The van der Waals surface area contributed by atoms with E-state index in [0.29, 0.717) is 5.92 Å². The molecule has 0 amide bonds. The number of hydrogen-bond donors (Lipinski definition) is 0. The molecule has 25 heavy (non-hydrogen) atoms. The standard InChI is InChI=1S/C18H20N6S/c1-2-13(1)18-22-21-17(25-18)11-23-5-7-24(8-6-23)15-3-4-16-14(9-15)10-19-12-20-16/h3-4,9-10,12-13H,1-2,5-8,11H2. The molecule has 0 radical (unpaired) electrons. The number of piperazine rings is 1.